The minimum absolute atomic E-state index is 0.0876. The minimum Gasteiger partial charge on any atom is -0.496 e. The molecule has 3 rings (SSSR count). The van der Waals surface area contributed by atoms with Crippen molar-refractivity contribution in [2.45, 2.75) is 12.5 Å². The molecule has 1 fully saturated rings. The Balaban J connectivity index is 1.85. The van der Waals surface area contributed by atoms with Crippen LogP contribution in [0.5, 0.6) is 5.75 Å². The molecule has 0 saturated carbocycles. The molecule has 2 N–H and O–H groups in total. The number of rotatable bonds is 5. The van der Waals surface area contributed by atoms with E-state index >= 15 is 0 Å². The fourth-order valence-corrected chi connectivity index (χ4v) is 3.31. The van der Waals surface area contributed by atoms with Crippen molar-refractivity contribution in [1.29, 1.82) is 0 Å². The lowest BCUT2D eigenvalue weighted by atomic mass is 10.0. The number of carboxylic acids is 2. The number of likely N-dealkylation sites (tertiary alicyclic amines) is 1. The molecule has 2 aromatic carbocycles. The molecule has 0 spiro atoms. The second-order valence-corrected chi connectivity index (χ2v) is 6.36. The minimum atomic E-state index is -1.20. The van der Waals surface area contributed by atoms with Crippen molar-refractivity contribution in [2.75, 3.05) is 13.7 Å². The number of carbonyl (C=O) groups excluding carboxylic acids is 1. The van der Waals surface area contributed by atoms with Gasteiger partial charge in [0, 0.05) is 17.7 Å². The van der Waals surface area contributed by atoms with Gasteiger partial charge < -0.3 is 19.8 Å². The third-order valence-electron chi connectivity index (χ3n) is 4.75. The van der Waals surface area contributed by atoms with Gasteiger partial charge in [-0.2, -0.15) is 0 Å². The van der Waals surface area contributed by atoms with E-state index in [-0.39, 0.29) is 13.0 Å². The lowest BCUT2D eigenvalue weighted by Gasteiger charge is -2.21. The third kappa shape index (κ3) is 3.62. The highest BCUT2D eigenvalue weighted by atomic mass is 16.5. The summed E-state index contributed by atoms with van der Waals surface area (Å²) in [6, 6.07) is 13.1. The normalized spacial score (nSPS) is 18.9. The number of hydrogen-bond donors (Lipinski definition) is 2. The van der Waals surface area contributed by atoms with Crippen LogP contribution in [0.4, 0.5) is 0 Å². The first-order valence-corrected chi connectivity index (χ1v) is 8.42. The molecule has 1 amide bonds. The molecule has 2 aromatic rings. The SMILES string of the molecule is COc1ccccc1-c1ccc(C(=O)N2CC(C(=O)O)CC2C(=O)O)cc1. The largest absolute Gasteiger partial charge is 0.496 e. The van der Waals surface area contributed by atoms with Crippen LogP contribution in [0.3, 0.4) is 0 Å². The zero-order valence-corrected chi connectivity index (χ0v) is 14.7. The van der Waals surface area contributed by atoms with Crippen LogP contribution in [0.1, 0.15) is 16.8 Å². The van der Waals surface area contributed by atoms with Gasteiger partial charge in [0.15, 0.2) is 0 Å². The Morgan fingerprint density at radius 2 is 1.67 bits per heavy atom. The van der Waals surface area contributed by atoms with Gasteiger partial charge in [0.25, 0.3) is 5.91 Å². The van der Waals surface area contributed by atoms with E-state index in [4.69, 9.17) is 9.84 Å². The van der Waals surface area contributed by atoms with E-state index in [1.165, 1.54) is 0 Å². The number of carboxylic acid groups (broad SMARTS) is 2. The smallest absolute Gasteiger partial charge is 0.326 e. The lowest BCUT2D eigenvalue weighted by Crippen LogP contribution is -2.40. The summed E-state index contributed by atoms with van der Waals surface area (Å²) in [5, 5.41) is 18.5. The van der Waals surface area contributed by atoms with Crippen LogP contribution in [-0.4, -0.2) is 52.7 Å². The zero-order valence-electron chi connectivity index (χ0n) is 14.7. The summed E-state index contributed by atoms with van der Waals surface area (Å²) in [7, 11) is 1.58. The first-order valence-electron chi connectivity index (χ1n) is 8.42. The number of benzene rings is 2. The van der Waals surface area contributed by atoms with Crippen LogP contribution in [0, 0.1) is 5.92 Å². The van der Waals surface area contributed by atoms with Gasteiger partial charge in [0.2, 0.25) is 0 Å². The van der Waals surface area contributed by atoms with Crippen molar-refractivity contribution in [3.63, 3.8) is 0 Å². The van der Waals surface area contributed by atoms with E-state index in [2.05, 4.69) is 0 Å². The highest BCUT2D eigenvalue weighted by molar-refractivity contribution is 5.98. The van der Waals surface area contributed by atoms with Gasteiger partial charge in [-0.15, -0.1) is 0 Å². The van der Waals surface area contributed by atoms with Gasteiger partial charge in [-0.1, -0.05) is 30.3 Å². The highest BCUT2D eigenvalue weighted by Gasteiger charge is 2.42. The van der Waals surface area contributed by atoms with Gasteiger partial charge in [-0.3, -0.25) is 9.59 Å². The van der Waals surface area contributed by atoms with E-state index in [0.29, 0.717) is 11.3 Å². The number of hydrogen-bond acceptors (Lipinski definition) is 4. The second kappa shape index (κ2) is 7.49. The molecule has 7 nitrogen and oxygen atoms in total. The monoisotopic (exact) mass is 369 g/mol. The van der Waals surface area contributed by atoms with E-state index in [1.54, 1.807) is 31.4 Å². The van der Waals surface area contributed by atoms with Gasteiger partial charge in [0.1, 0.15) is 11.8 Å². The molecule has 2 atom stereocenters. The summed E-state index contributed by atoms with van der Waals surface area (Å²) in [4.78, 5) is 36.5. The van der Waals surface area contributed by atoms with E-state index in [0.717, 1.165) is 16.0 Å². The molecule has 1 saturated heterocycles. The van der Waals surface area contributed by atoms with Crippen LogP contribution < -0.4 is 4.74 Å². The van der Waals surface area contributed by atoms with Crippen molar-refractivity contribution in [2.24, 2.45) is 5.92 Å². The van der Waals surface area contributed by atoms with Crippen molar-refractivity contribution in [1.82, 2.24) is 4.90 Å². The number of methoxy groups -OCH3 is 1. The van der Waals surface area contributed by atoms with Crippen molar-refractivity contribution >= 4 is 17.8 Å². The summed E-state index contributed by atoms with van der Waals surface area (Å²) in [5.74, 6) is -2.95. The predicted octanol–water partition coefficient (Wildman–Crippen LogP) is 2.36. The summed E-state index contributed by atoms with van der Waals surface area (Å²) < 4.78 is 5.34. The maximum absolute atomic E-state index is 12.7. The molecule has 0 radical (unpaired) electrons. The Morgan fingerprint density at radius 1 is 1.00 bits per heavy atom. The first-order chi connectivity index (χ1) is 12.9. The van der Waals surface area contributed by atoms with Crippen molar-refractivity contribution in [3.8, 4) is 16.9 Å². The van der Waals surface area contributed by atoms with Gasteiger partial charge >= 0.3 is 11.9 Å². The Hall–Kier alpha value is -3.35. The molecule has 27 heavy (non-hydrogen) atoms. The standard InChI is InChI=1S/C20H19NO6/c1-27-17-5-3-2-4-15(17)12-6-8-13(9-7-12)18(22)21-11-14(19(23)24)10-16(21)20(25)26/h2-9,14,16H,10-11H2,1H3,(H,23,24)(H,25,26). The topological polar surface area (TPSA) is 104 Å². The maximum Gasteiger partial charge on any atom is 0.326 e. The molecule has 0 aliphatic carbocycles. The molecular formula is C20H19NO6. The average Bonchev–Trinajstić information content (AvgIpc) is 3.13. The fourth-order valence-electron chi connectivity index (χ4n) is 3.31. The number of ether oxygens (including phenoxy) is 1. The molecule has 140 valence electrons. The van der Waals surface area contributed by atoms with Gasteiger partial charge in [0.05, 0.1) is 13.0 Å². The second-order valence-electron chi connectivity index (χ2n) is 6.36. The molecular weight excluding hydrogens is 350 g/mol. The van der Waals surface area contributed by atoms with Crippen LogP contribution in [0.2, 0.25) is 0 Å². The summed E-state index contributed by atoms with van der Waals surface area (Å²) in [6.45, 7) is -0.112. The third-order valence-corrected chi connectivity index (χ3v) is 4.75. The molecule has 0 aromatic heterocycles. The lowest BCUT2D eigenvalue weighted by molar-refractivity contribution is -0.141. The van der Waals surface area contributed by atoms with Crippen LogP contribution >= 0.6 is 0 Å². The average molecular weight is 369 g/mol. The number of carbonyl (C=O) groups is 3. The summed E-state index contributed by atoms with van der Waals surface area (Å²) in [6.07, 6.45) is -0.0876. The molecule has 1 heterocycles. The van der Waals surface area contributed by atoms with E-state index in [9.17, 15) is 19.5 Å². The number of para-hydroxylation sites is 1. The summed E-state index contributed by atoms with van der Waals surface area (Å²) in [5.41, 5.74) is 2.03. The Bertz CT molecular complexity index is 876. The van der Waals surface area contributed by atoms with Crippen LogP contribution in [0.25, 0.3) is 11.1 Å². The zero-order chi connectivity index (χ0) is 19.6. The first kappa shape index (κ1) is 18.4. The molecule has 1 aliphatic rings. The maximum atomic E-state index is 12.7. The van der Waals surface area contributed by atoms with Crippen molar-refractivity contribution in [3.05, 3.63) is 54.1 Å². The summed E-state index contributed by atoms with van der Waals surface area (Å²) >= 11 is 0. The van der Waals surface area contributed by atoms with Gasteiger partial charge in [-0.25, -0.2) is 4.79 Å². The quantitative estimate of drug-likeness (QED) is 0.838. The number of nitrogens with zero attached hydrogens (tertiary/aromatic N) is 1. The fraction of sp³-hybridized carbons (Fsp3) is 0.250. The van der Waals surface area contributed by atoms with E-state index in [1.807, 2.05) is 24.3 Å². The van der Waals surface area contributed by atoms with Gasteiger partial charge in [-0.05, 0) is 30.2 Å². The number of amides is 1. The Labute approximate surface area is 155 Å². The van der Waals surface area contributed by atoms with Crippen LogP contribution in [-0.2, 0) is 9.59 Å². The van der Waals surface area contributed by atoms with Crippen molar-refractivity contribution < 1.29 is 29.3 Å². The molecule has 2 unspecified atom stereocenters. The van der Waals surface area contributed by atoms with Crippen LogP contribution in [0.15, 0.2) is 48.5 Å². The Morgan fingerprint density at radius 3 is 2.26 bits per heavy atom. The Kier molecular flexibility index (Phi) is 5.12. The van der Waals surface area contributed by atoms with E-state index < -0.39 is 29.8 Å². The molecule has 0 bridgehead atoms. The molecule has 1 aliphatic heterocycles. The number of aliphatic carboxylic acids is 2. The highest BCUT2D eigenvalue weighted by Crippen LogP contribution is 2.30. The predicted molar refractivity (Wildman–Crippen MR) is 96.6 cm³/mol. The molecule has 7 heteroatoms.